The molecule has 3 aromatic carbocycles. The molecule has 0 unspecified atom stereocenters. The van der Waals surface area contributed by atoms with Crippen LogP contribution in [-0.2, 0) is 13.0 Å². The smallest absolute Gasteiger partial charge is 0.249 e. The molecule has 0 radical (unpaired) electrons. The fourth-order valence-electron chi connectivity index (χ4n) is 4.72. The number of carbonyl (C=O) groups is 2. The summed E-state index contributed by atoms with van der Waals surface area (Å²) in [6.07, 6.45) is 0.340. The highest BCUT2D eigenvalue weighted by Gasteiger charge is 2.19. The number of rotatable bonds is 8. The molecule has 1 aliphatic heterocycles. The minimum absolute atomic E-state index is 0.297. The van der Waals surface area contributed by atoms with Crippen LogP contribution in [0.5, 0.6) is 5.75 Å². The summed E-state index contributed by atoms with van der Waals surface area (Å²) >= 11 is 0. The first-order chi connectivity index (χ1) is 16.9. The van der Waals surface area contributed by atoms with E-state index in [0.29, 0.717) is 29.2 Å². The predicted molar refractivity (Wildman–Crippen MR) is 137 cm³/mol. The first kappa shape index (κ1) is 24.4. The molecule has 0 bridgehead atoms. The molecule has 1 heterocycles. The molecule has 7 nitrogen and oxygen atoms in total. The van der Waals surface area contributed by atoms with Gasteiger partial charge in [-0.15, -0.1) is 0 Å². The first-order valence-electron chi connectivity index (χ1n) is 11.8. The van der Waals surface area contributed by atoms with E-state index in [1.807, 2.05) is 18.2 Å². The topological polar surface area (TPSA) is 111 Å². The Bertz CT molecular complexity index is 1210. The molecule has 0 aromatic heterocycles. The Kier molecular flexibility index (Phi) is 7.48. The van der Waals surface area contributed by atoms with Crippen molar-refractivity contribution in [3.05, 3.63) is 88.5 Å². The molecule has 5 N–H and O–H groups in total. The number of hydrogen-bond acceptors (Lipinski definition) is 5. The van der Waals surface area contributed by atoms with Crippen molar-refractivity contribution in [1.82, 2.24) is 10.2 Å². The van der Waals surface area contributed by atoms with Crippen LogP contribution in [0.15, 0.2) is 60.7 Å². The zero-order valence-corrected chi connectivity index (χ0v) is 20.2. The fraction of sp³-hybridized carbons (Fsp3) is 0.286. The summed E-state index contributed by atoms with van der Waals surface area (Å²) in [5, 5.41) is 3.43. The lowest BCUT2D eigenvalue weighted by molar-refractivity contribution is 0.0999. The Morgan fingerprint density at radius 3 is 2.37 bits per heavy atom. The maximum absolute atomic E-state index is 12.0. The van der Waals surface area contributed by atoms with Crippen LogP contribution in [0.2, 0.25) is 0 Å². The second-order valence-corrected chi connectivity index (χ2v) is 9.00. The van der Waals surface area contributed by atoms with E-state index in [4.69, 9.17) is 16.2 Å². The van der Waals surface area contributed by atoms with Gasteiger partial charge in [0.1, 0.15) is 5.75 Å². The maximum Gasteiger partial charge on any atom is 0.249 e. The van der Waals surface area contributed by atoms with E-state index >= 15 is 0 Å². The Morgan fingerprint density at radius 2 is 1.71 bits per heavy atom. The van der Waals surface area contributed by atoms with E-state index < -0.39 is 11.8 Å². The molecule has 2 amide bonds. The van der Waals surface area contributed by atoms with Gasteiger partial charge in [-0.2, -0.15) is 0 Å². The summed E-state index contributed by atoms with van der Waals surface area (Å²) in [6.45, 7) is 6.14. The largest absolute Gasteiger partial charge is 0.496 e. The van der Waals surface area contributed by atoms with E-state index in [0.717, 1.165) is 48.6 Å². The Labute approximate surface area is 206 Å². The van der Waals surface area contributed by atoms with Gasteiger partial charge >= 0.3 is 0 Å². The van der Waals surface area contributed by atoms with Crippen LogP contribution >= 0.6 is 0 Å². The molecular weight excluding hydrogens is 440 g/mol. The van der Waals surface area contributed by atoms with Gasteiger partial charge in [0.25, 0.3) is 0 Å². The second kappa shape index (κ2) is 10.7. The zero-order valence-electron chi connectivity index (χ0n) is 20.2. The Balaban J connectivity index is 1.69. The standard InChI is InChI=1S/C28H32N4O3/c1-18-16-31-11-12-32(18)17-20-5-3-6-21(13-20)24-14-19(9-10-26(24)35-2)15-25-22(27(29)33)7-4-8-23(25)28(30)34/h3-10,13-14,18,31H,11-12,15-17H2,1-2H3,(H2,29,33)(H2,30,34)/t18-/m0/s1. The van der Waals surface area contributed by atoms with E-state index in [1.165, 1.54) is 5.56 Å². The van der Waals surface area contributed by atoms with Crippen LogP contribution in [0.25, 0.3) is 11.1 Å². The first-order valence-corrected chi connectivity index (χ1v) is 11.8. The third-order valence-electron chi connectivity index (χ3n) is 6.61. The van der Waals surface area contributed by atoms with Crippen molar-refractivity contribution in [2.45, 2.75) is 25.9 Å². The highest BCUT2D eigenvalue weighted by Crippen LogP contribution is 2.33. The lowest BCUT2D eigenvalue weighted by atomic mass is 9.92. The lowest BCUT2D eigenvalue weighted by Gasteiger charge is -2.34. The highest BCUT2D eigenvalue weighted by atomic mass is 16.5. The number of amides is 2. The molecule has 182 valence electrons. The minimum Gasteiger partial charge on any atom is -0.496 e. The number of nitrogens with one attached hydrogen (secondary N) is 1. The molecule has 0 aliphatic carbocycles. The van der Waals surface area contributed by atoms with E-state index in [2.05, 4.69) is 41.4 Å². The van der Waals surface area contributed by atoms with Crippen molar-refractivity contribution in [2.75, 3.05) is 26.7 Å². The number of nitrogens with zero attached hydrogens (tertiary/aromatic N) is 1. The Morgan fingerprint density at radius 1 is 1.00 bits per heavy atom. The average Bonchev–Trinajstić information content (AvgIpc) is 2.85. The number of carbonyl (C=O) groups excluding carboxylic acids is 2. The maximum atomic E-state index is 12.0. The number of methoxy groups -OCH3 is 1. The highest BCUT2D eigenvalue weighted by molar-refractivity contribution is 6.01. The van der Waals surface area contributed by atoms with Crippen molar-refractivity contribution in [1.29, 1.82) is 0 Å². The van der Waals surface area contributed by atoms with Gasteiger partial charge in [0.15, 0.2) is 0 Å². The molecule has 0 spiro atoms. The molecule has 1 aliphatic rings. The van der Waals surface area contributed by atoms with E-state index in [1.54, 1.807) is 25.3 Å². The third kappa shape index (κ3) is 5.53. The van der Waals surface area contributed by atoms with E-state index in [-0.39, 0.29) is 0 Å². The van der Waals surface area contributed by atoms with Crippen LogP contribution in [0.3, 0.4) is 0 Å². The number of hydrogen-bond donors (Lipinski definition) is 3. The summed E-state index contributed by atoms with van der Waals surface area (Å²) in [5.41, 5.74) is 16.4. The van der Waals surface area contributed by atoms with Gasteiger partial charge < -0.3 is 21.5 Å². The van der Waals surface area contributed by atoms with Gasteiger partial charge in [0.05, 0.1) is 7.11 Å². The predicted octanol–water partition coefficient (Wildman–Crippen LogP) is 2.94. The van der Waals surface area contributed by atoms with Gasteiger partial charge in [0, 0.05) is 48.9 Å². The molecule has 1 atom stereocenters. The van der Waals surface area contributed by atoms with Crippen LogP contribution in [0.4, 0.5) is 0 Å². The van der Waals surface area contributed by atoms with Crippen LogP contribution in [0, 0.1) is 0 Å². The molecule has 7 heteroatoms. The molecule has 3 aromatic rings. The summed E-state index contributed by atoms with van der Waals surface area (Å²) in [5.74, 6) is -0.432. The van der Waals surface area contributed by atoms with Crippen LogP contribution in [0.1, 0.15) is 44.3 Å². The van der Waals surface area contributed by atoms with Gasteiger partial charge in [0.2, 0.25) is 11.8 Å². The number of nitrogens with two attached hydrogens (primary N) is 2. The van der Waals surface area contributed by atoms with Crippen LogP contribution < -0.4 is 21.5 Å². The third-order valence-corrected chi connectivity index (χ3v) is 6.61. The molecular formula is C28H32N4O3. The quantitative estimate of drug-likeness (QED) is 0.467. The molecule has 35 heavy (non-hydrogen) atoms. The lowest BCUT2D eigenvalue weighted by Crippen LogP contribution is -2.49. The monoisotopic (exact) mass is 472 g/mol. The van der Waals surface area contributed by atoms with Gasteiger partial charge in [-0.25, -0.2) is 0 Å². The van der Waals surface area contributed by atoms with Crippen molar-refractivity contribution >= 4 is 11.8 Å². The van der Waals surface area contributed by atoms with Crippen molar-refractivity contribution in [3.8, 4) is 16.9 Å². The second-order valence-electron chi connectivity index (χ2n) is 9.00. The number of benzene rings is 3. The molecule has 4 rings (SSSR count). The SMILES string of the molecule is COc1ccc(Cc2c(C(N)=O)cccc2C(N)=O)cc1-c1cccc(CN2CCNC[C@@H]2C)c1. The molecule has 1 fully saturated rings. The minimum atomic E-state index is -0.591. The Hall–Kier alpha value is -3.68. The average molecular weight is 473 g/mol. The summed E-state index contributed by atoms with van der Waals surface area (Å²) < 4.78 is 5.67. The number of piperazine rings is 1. The van der Waals surface area contributed by atoms with Crippen LogP contribution in [-0.4, -0.2) is 49.5 Å². The fourth-order valence-corrected chi connectivity index (χ4v) is 4.72. The van der Waals surface area contributed by atoms with Crippen molar-refractivity contribution in [3.63, 3.8) is 0 Å². The normalized spacial score (nSPS) is 16.1. The number of ether oxygens (including phenoxy) is 1. The number of primary amides is 2. The summed E-state index contributed by atoms with van der Waals surface area (Å²) in [7, 11) is 1.65. The zero-order chi connectivity index (χ0) is 24.9. The summed E-state index contributed by atoms with van der Waals surface area (Å²) in [4.78, 5) is 26.6. The van der Waals surface area contributed by atoms with Crippen molar-refractivity contribution < 1.29 is 14.3 Å². The van der Waals surface area contributed by atoms with E-state index in [9.17, 15) is 9.59 Å². The van der Waals surface area contributed by atoms with Gasteiger partial charge in [-0.05, 0) is 65.9 Å². The molecule has 0 saturated carbocycles. The molecule has 1 saturated heterocycles. The van der Waals surface area contributed by atoms with Gasteiger partial charge in [-0.3, -0.25) is 14.5 Å². The van der Waals surface area contributed by atoms with Gasteiger partial charge in [-0.1, -0.05) is 30.3 Å². The summed E-state index contributed by atoms with van der Waals surface area (Å²) in [6, 6.07) is 19.7. The van der Waals surface area contributed by atoms with Crippen molar-refractivity contribution in [2.24, 2.45) is 11.5 Å².